The van der Waals surface area contributed by atoms with Crippen molar-refractivity contribution in [3.8, 4) is 0 Å². The molecule has 0 aliphatic heterocycles. The number of halogens is 3. The fraction of sp³-hybridized carbons (Fsp3) is 0.500. The van der Waals surface area contributed by atoms with Crippen molar-refractivity contribution in [2.24, 2.45) is 5.92 Å². The highest BCUT2D eigenvalue weighted by molar-refractivity contribution is 5.41. The molecule has 0 bridgehead atoms. The topological polar surface area (TPSA) is 63.4 Å². The summed E-state index contributed by atoms with van der Waals surface area (Å²) >= 11 is 0. The Kier molecular flexibility index (Phi) is 3.49. The van der Waals surface area contributed by atoms with Crippen LogP contribution in [0.25, 0.3) is 0 Å². The molecule has 2 rings (SSSR count). The third kappa shape index (κ3) is 3.23. The first-order valence-electron chi connectivity index (χ1n) is 5.81. The fourth-order valence-electron chi connectivity index (χ4n) is 1.99. The molecule has 0 spiro atoms. The maximum absolute atomic E-state index is 12.9. The van der Waals surface area contributed by atoms with Gasteiger partial charge in [-0.3, -0.25) is 10.1 Å². The number of hydrogen-bond acceptors (Lipinski definition) is 3. The summed E-state index contributed by atoms with van der Waals surface area (Å²) in [4.78, 5) is 9.66. The van der Waals surface area contributed by atoms with Crippen LogP contribution >= 0.6 is 0 Å². The van der Waals surface area contributed by atoms with E-state index in [0.717, 1.165) is 25.0 Å². The Balaban J connectivity index is 2.33. The van der Waals surface area contributed by atoms with E-state index < -0.39 is 28.5 Å². The molecule has 1 aliphatic carbocycles. The zero-order valence-electron chi connectivity index (χ0n) is 9.85. The van der Waals surface area contributed by atoms with Crippen LogP contribution in [0.3, 0.4) is 0 Å². The van der Waals surface area contributed by atoms with Crippen LogP contribution in [0.2, 0.25) is 0 Å². The molecule has 7 heteroatoms. The van der Waals surface area contributed by atoms with E-state index >= 15 is 0 Å². The molecular weight excluding hydrogens is 263 g/mol. The lowest BCUT2D eigenvalue weighted by molar-refractivity contribution is -0.385. The highest BCUT2D eigenvalue weighted by Crippen LogP contribution is 2.38. The summed E-state index contributed by atoms with van der Waals surface area (Å²) in [6, 6.07) is 2.63. The second kappa shape index (κ2) is 4.80. The van der Waals surface area contributed by atoms with Gasteiger partial charge in [0.2, 0.25) is 0 Å². The summed E-state index contributed by atoms with van der Waals surface area (Å²) in [6.07, 6.45) is -3.98. The molecule has 4 nitrogen and oxygen atoms in total. The minimum Gasteiger partial charge on any atom is -0.392 e. The second-order valence-corrected chi connectivity index (χ2v) is 4.71. The lowest BCUT2D eigenvalue weighted by Gasteiger charge is -2.15. The smallest absolute Gasteiger partial charge is 0.392 e. The van der Waals surface area contributed by atoms with E-state index in [-0.39, 0.29) is 17.9 Å². The zero-order chi connectivity index (χ0) is 14.2. The Morgan fingerprint density at radius 2 is 2.05 bits per heavy atom. The van der Waals surface area contributed by atoms with Gasteiger partial charge in [-0.2, -0.15) is 13.2 Å². The van der Waals surface area contributed by atoms with Crippen molar-refractivity contribution in [1.29, 1.82) is 0 Å². The molecule has 0 aromatic heterocycles. The summed E-state index contributed by atoms with van der Waals surface area (Å²) in [5, 5.41) is 20.2. The number of non-ortho nitro benzene ring substituents is 1. The summed E-state index contributed by atoms with van der Waals surface area (Å²) < 4.78 is 38.6. The van der Waals surface area contributed by atoms with Crippen LogP contribution in [0.1, 0.15) is 24.0 Å². The van der Waals surface area contributed by atoms with E-state index in [2.05, 4.69) is 0 Å². The number of benzene rings is 1. The van der Waals surface area contributed by atoms with Crippen LogP contribution in [0.5, 0.6) is 0 Å². The molecule has 1 N–H and O–H groups in total. The Labute approximate surface area is 107 Å². The average Bonchev–Trinajstić information content (AvgIpc) is 3.11. The monoisotopic (exact) mass is 275 g/mol. The SMILES string of the molecule is O=[N+]([O-])c1ccc(CC(O)C2CC2)c(C(F)(F)F)c1. The van der Waals surface area contributed by atoms with E-state index in [1.54, 1.807) is 0 Å². The predicted octanol–water partition coefficient (Wildman–Crippen LogP) is 2.93. The Morgan fingerprint density at radius 3 is 2.53 bits per heavy atom. The van der Waals surface area contributed by atoms with Crippen LogP contribution in [0.4, 0.5) is 18.9 Å². The molecular formula is C12H12F3NO3. The fourth-order valence-corrected chi connectivity index (χ4v) is 1.99. The number of aliphatic hydroxyl groups is 1. The molecule has 0 amide bonds. The Bertz CT molecular complexity index is 497. The minimum absolute atomic E-state index is 0.0521. The third-order valence-electron chi connectivity index (χ3n) is 3.20. The molecule has 1 atom stereocenters. The molecule has 1 aromatic carbocycles. The lowest BCUT2D eigenvalue weighted by atomic mass is 9.98. The molecule has 1 unspecified atom stereocenters. The van der Waals surface area contributed by atoms with Gasteiger partial charge in [-0.15, -0.1) is 0 Å². The maximum atomic E-state index is 12.9. The van der Waals surface area contributed by atoms with E-state index in [9.17, 15) is 28.4 Å². The van der Waals surface area contributed by atoms with Gasteiger partial charge in [0, 0.05) is 12.1 Å². The van der Waals surface area contributed by atoms with E-state index in [0.29, 0.717) is 6.07 Å². The Morgan fingerprint density at radius 1 is 1.42 bits per heavy atom. The molecule has 104 valence electrons. The van der Waals surface area contributed by atoms with Gasteiger partial charge in [-0.1, -0.05) is 6.07 Å². The van der Waals surface area contributed by atoms with Gasteiger partial charge >= 0.3 is 6.18 Å². The van der Waals surface area contributed by atoms with Crippen molar-refractivity contribution in [3.05, 3.63) is 39.4 Å². The van der Waals surface area contributed by atoms with Crippen LogP contribution in [0.15, 0.2) is 18.2 Å². The molecule has 19 heavy (non-hydrogen) atoms. The standard InChI is InChI=1S/C12H12F3NO3/c13-12(14,15)10-6-9(16(18)19)4-3-8(10)5-11(17)7-1-2-7/h3-4,6-7,11,17H,1-2,5H2. The molecule has 0 radical (unpaired) electrons. The van der Waals surface area contributed by atoms with Crippen molar-refractivity contribution >= 4 is 5.69 Å². The molecule has 1 aliphatic rings. The molecule has 1 saturated carbocycles. The highest BCUT2D eigenvalue weighted by Gasteiger charge is 2.37. The summed E-state index contributed by atoms with van der Waals surface area (Å²) in [5.74, 6) is 0.0521. The zero-order valence-corrected chi connectivity index (χ0v) is 9.85. The number of nitro groups is 1. The van der Waals surface area contributed by atoms with Crippen molar-refractivity contribution in [2.45, 2.75) is 31.5 Å². The number of rotatable bonds is 4. The molecule has 0 heterocycles. The first-order chi connectivity index (χ1) is 8.79. The molecule has 1 fully saturated rings. The number of aliphatic hydroxyl groups excluding tert-OH is 1. The van der Waals surface area contributed by atoms with Crippen molar-refractivity contribution in [3.63, 3.8) is 0 Å². The van der Waals surface area contributed by atoms with Gasteiger partial charge in [0.05, 0.1) is 16.6 Å². The summed E-state index contributed by atoms with van der Waals surface area (Å²) in [5.41, 5.74) is -1.74. The maximum Gasteiger partial charge on any atom is 0.416 e. The first kappa shape index (κ1) is 13.8. The predicted molar refractivity (Wildman–Crippen MR) is 60.5 cm³/mol. The molecule has 0 saturated heterocycles. The number of alkyl halides is 3. The van der Waals surface area contributed by atoms with Crippen LogP contribution in [-0.2, 0) is 12.6 Å². The second-order valence-electron chi connectivity index (χ2n) is 4.71. The van der Waals surface area contributed by atoms with Crippen molar-refractivity contribution in [1.82, 2.24) is 0 Å². The van der Waals surface area contributed by atoms with Gasteiger partial charge < -0.3 is 5.11 Å². The third-order valence-corrected chi connectivity index (χ3v) is 3.20. The lowest BCUT2D eigenvalue weighted by Crippen LogP contribution is -2.17. The van der Waals surface area contributed by atoms with Gasteiger partial charge in [0.1, 0.15) is 0 Å². The minimum atomic E-state index is -4.66. The molecule has 1 aromatic rings. The number of nitro benzene ring substituents is 1. The quantitative estimate of drug-likeness (QED) is 0.678. The van der Waals surface area contributed by atoms with Crippen LogP contribution in [-0.4, -0.2) is 16.1 Å². The van der Waals surface area contributed by atoms with Gasteiger partial charge in [-0.25, -0.2) is 0 Å². The first-order valence-corrected chi connectivity index (χ1v) is 5.81. The van der Waals surface area contributed by atoms with Crippen molar-refractivity contribution < 1.29 is 23.2 Å². The average molecular weight is 275 g/mol. The Hall–Kier alpha value is -1.63. The normalized spacial score (nSPS) is 17.3. The van der Waals surface area contributed by atoms with E-state index in [1.807, 2.05) is 0 Å². The number of nitrogens with zero attached hydrogens (tertiary/aromatic N) is 1. The van der Waals surface area contributed by atoms with Gasteiger partial charge in [0.15, 0.2) is 0 Å². The van der Waals surface area contributed by atoms with Crippen LogP contribution in [0, 0.1) is 16.0 Å². The van der Waals surface area contributed by atoms with Gasteiger partial charge in [0.25, 0.3) is 5.69 Å². The van der Waals surface area contributed by atoms with E-state index in [4.69, 9.17) is 0 Å². The van der Waals surface area contributed by atoms with Crippen LogP contribution < -0.4 is 0 Å². The largest absolute Gasteiger partial charge is 0.416 e. The highest BCUT2D eigenvalue weighted by atomic mass is 19.4. The summed E-state index contributed by atoms with van der Waals surface area (Å²) in [7, 11) is 0. The number of hydrogen-bond donors (Lipinski definition) is 1. The van der Waals surface area contributed by atoms with Crippen molar-refractivity contribution in [2.75, 3.05) is 0 Å². The summed E-state index contributed by atoms with van der Waals surface area (Å²) in [6.45, 7) is 0. The van der Waals surface area contributed by atoms with Gasteiger partial charge in [-0.05, 0) is 30.7 Å². The van der Waals surface area contributed by atoms with E-state index in [1.165, 1.54) is 0 Å².